The van der Waals surface area contributed by atoms with Crippen molar-refractivity contribution in [1.29, 1.82) is 0 Å². The second kappa shape index (κ2) is 4.77. The molecule has 1 saturated heterocycles. The van der Waals surface area contributed by atoms with Gasteiger partial charge in [-0.25, -0.2) is 14.8 Å². The summed E-state index contributed by atoms with van der Waals surface area (Å²) in [7, 11) is 0. The molecule has 0 amide bonds. The minimum Gasteiger partial charge on any atom is -0.478 e. The fourth-order valence-corrected chi connectivity index (χ4v) is 1.71. The Labute approximate surface area is 99.0 Å². The van der Waals surface area contributed by atoms with Gasteiger partial charge in [0.05, 0.1) is 18.9 Å². The van der Waals surface area contributed by atoms with Gasteiger partial charge in [-0.15, -0.1) is 0 Å². The Morgan fingerprint density at radius 2 is 2.41 bits per heavy atom. The number of nitrogens with zero attached hydrogens (tertiary/aromatic N) is 2. The maximum absolute atomic E-state index is 10.9. The summed E-state index contributed by atoms with van der Waals surface area (Å²) in [6.45, 7) is 4.84. The molecule has 1 fully saturated rings. The Bertz CT molecular complexity index is 418. The minimum absolute atomic E-state index is 0.148. The second-order valence-corrected chi connectivity index (χ2v) is 4.60. The van der Waals surface area contributed by atoms with Gasteiger partial charge in [0.25, 0.3) is 0 Å². The van der Waals surface area contributed by atoms with Crippen LogP contribution in [0.2, 0.25) is 0 Å². The van der Waals surface area contributed by atoms with Crippen LogP contribution in [0, 0.1) is 5.41 Å². The molecule has 1 aliphatic heterocycles. The number of carboxylic acids is 1. The van der Waals surface area contributed by atoms with Crippen molar-refractivity contribution in [3.63, 3.8) is 0 Å². The molecule has 0 aromatic carbocycles. The highest BCUT2D eigenvalue weighted by Gasteiger charge is 2.32. The second-order valence-electron chi connectivity index (χ2n) is 4.60. The molecule has 1 aromatic rings. The third kappa shape index (κ3) is 2.78. The lowest BCUT2D eigenvalue weighted by molar-refractivity contribution is -0.0991. The van der Waals surface area contributed by atoms with Gasteiger partial charge in [-0.05, 0) is 0 Å². The van der Waals surface area contributed by atoms with Crippen molar-refractivity contribution in [2.75, 3.05) is 19.8 Å². The zero-order chi connectivity index (χ0) is 12.3. The standard InChI is InChI=1S/C11H15N3O3/c1-11(5-17-6-11)4-12-3-9-8(10(15)16)2-13-7-14-9/h2,7,12H,3-6H2,1H3,(H,15,16). The van der Waals surface area contributed by atoms with Crippen molar-refractivity contribution in [3.05, 3.63) is 23.8 Å². The Morgan fingerprint density at radius 3 is 3.00 bits per heavy atom. The summed E-state index contributed by atoms with van der Waals surface area (Å²) in [6, 6.07) is 0. The summed E-state index contributed by atoms with van der Waals surface area (Å²) in [5.74, 6) is -0.999. The van der Waals surface area contributed by atoms with Gasteiger partial charge in [0.1, 0.15) is 11.9 Å². The van der Waals surface area contributed by atoms with Gasteiger partial charge < -0.3 is 15.2 Å². The summed E-state index contributed by atoms with van der Waals surface area (Å²) in [5, 5.41) is 12.2. The van der Waals surface area contributed by atoms with E-state index >= 15 is 0 Å². The number of aromatic nitrogens is 2. The first-order valence-corrected chi connectivity index (χ1v) is 5.41. The number of ether oxygens (including phenoxy) is 1. The van der Waals surface area contributed by atoms with E-state index in [9.17, 15) is 4.79 Å². The highest BCUT2D eigenvalue weighted by atomic mass is 16.5. The number of nitrogens with one attached hydrogen (secondary N) is 1. The van der Waals surface area contributed by atoms with E-state index in [1.807, 2.05) is 0 Å². The lowest BCUT2D eigenvalue weighted by Gasteiger charge is -2.38. The van der Waals surface area contributed by atoms with Crippen molar-refractivity contribution in [1.82, 2.24) is 15.3 Å². The molecule has 1 aliphatic rings. The molecular formula is C11H15N3O3. The molecule has 0 atom stereocenters. The van der Waals surface area contributed by atoms with E-state index in [1.165, 1.54) is 12.5 Å². The van der Waals surface area contributed by atoms with Crippen LogP contribution >= 0.6 is 0 Å². The number of aromatic carboxylic acids is 1. The Kier molecular flexibility index (Phi) is 3.35. The van der Waals surface area contributed by atoms with E-state index in [4.69, 9.17) is 9.84 Å². The monoisotopic (exact) mass is 237 g/mol. The van der Waals surface area contributed by atoms with E-state index in [0.29, 0.717) is 12.2 Å². The third-order valence-electron chi connectivity index (χ3n) is 2.77. The van der Waals surface area contributed by atoms with E-state index < -0.39 is 5.97 Å². The molecule has 2 rings (SSSR count). The van der Waals surface area contributed by atoms with Crippen molar-refractivity contribution in [2.45, 2.75) is 13.5 Å². The van der Waals surface area contributed by atoms with Gasteiger partial charge in [-0.1, -0.05) is 6.92 Å². The van der Waals surface area contributed by atoms with Gasteiger partial charge >= 0.3 is 5.97 Å². The SMILES string of the molecule is CC1(CNCc2ncncc2C(=O)O)COC1. The van der Waals surface area contributed by atoms with Crippen LogP contribution in [0.25, 0.3) is 0 Å². The van der Waals surface area contributed by atoms with Crippen LogP contribution < -0.4 is 5.32 Å². The average molecular weight is 237 g/mol. The molecule has 0 saturated carbocycles. The lowest BCUT2D eigenvalue weighted by Crippen LogP contribution is -2.47. The largest absolute Gasteiger partial charge is 0.478 e. The molecule has 2 N–H and O–H groups in total. The Balaban J connectivity index is 1.92. The first-order chi connectivity index (χ1) is 8.11. The molecule has 0 spiro atoms. The molecule has 0 unspecified atom stereocenters. The summed E-state index contributed by atoms with van der Waals surface area (Å²) in [4.78, 5) is 18.6. The molecule has 0 aliphatic carbocycles. The first kappa shape index (κ1) is 11.9. The zero-order valence-corrected chi connectivity index (χ0v) is 9.64. The third-order valence-corrected chi connectivity index (χ3v) is 2.77. The van der Waals surface area contributed by atoms with E-state index in [0.717, 1.165) is 19.8 Å². The van der Waals surface area contributed by atoms with Gasteiger partial charge in [-0.3, -0.25) is 0 Å². The molecule has 0 radical (unpaired) electrons. The van der Waals surface area contributed by atoms with Crippen LogP contribution in [0.1, 0.15) is 23.0 Å². The van der Waals surface area contributed by atoms with E-state index in [2.05, 4.69) is 22.2 Å². The van der Waals surface area contributed by atoms with Gasteiger partial charge in [0.2, 0.25) is 0 Å². The zero-order valence-electron chi connectivity index (χ0n) is 9.64. The number of hydrogen-bond acceptors (Lipinski definition) is 5. The number of carboxylic acid groups (broad SMARTS) is 1. The highest BCUT2D eigenvalue weighted by Crippen LogP contribution is 2.25. The lowest BCUT2D eigenvalue weighted by atomic mass is 9.89. The average Bonchev–Trinajstić information content (AvgIpc) is 2.27. The van der Waals surface area contributed by atoms with Crippen molar-refractivity contribution < 1.29 is 14.6 Å². The first-order valence-electron chi connectivity index (χ1n) is 5.41. The molecule has 92 valence electrons. The predicted octanol–water partition coefficient (Wildman–Crippen LogP) is 0.301. The summed E-state index contributed by atoms with van der Waals surface area (Å²) in [6.07, 6.45) is 2.68. The van der Waals surface area contributed by atoms with Gasteiger partial charge in [-0.2, -0.15) is 0 Å². The van der Waals surface area contributed by atoms with Crippen LogP contribution in [0.4, 0.5) is 0 Å². The topological polar surface area (TPSA) is 84.3 Å². The minimum atomic E-state index is -0.999. The van der Waals surface area contributed by atoms with E-state index in [1.54, 1.807) is 0 Å². The molecule has 0 bridgehead atoms. The Hall–Kier alpha value is -1.53. The highest BCUT2D eigenvalue weighted by molar-refractivity contribution is 5.88. The molecular weight excluding hydrogens is 222 g/mol. The van der Waals surface area contributed by atoms with Crippen LogP contribution in [0.3, 0.4) is 0 Å². The summed E-state index contributed by atoms with van der Waals surface area (Å²) >= 11 is 0. The summed E-state index contributed by atoms with van der Waals surface area (Å²) in [5.41, 5.74) is 0.822. The van der Waals surface area contributed by atoms with Crippen LogP contribution in [0.15, 0.2) is 12.5 Å². The molecule has 2 heterocycles. The summed E-state index contributed by atoms with van der Waals surface area (Å²) < 4.78 is 5.14. The molecule has 1 aromatic heterocycles. The van der Waals surface area contributed by atoms with Gasteiger partial charge in [0, 0.05) is 24.7 Å². The smallest absolute Gasteiger partial charge is 0.339 e. The maximum atomic E-state index is 10.9. The van der Waals surface area contributed by atoms with Crippen molar-refractivity contribution in [3.8, 4) is 0 Å². The molecule has 6 nitrogen and oxygen atoms in total. The fraction of sp³-hybridized carbons (Fsp3) is 0.545. The number of hydrogen-bond donors (Lipinski definition) is 2. The van der Waals surface area contributed by atoms with Crippen LogP contribution in [0.5, 0.6) is 0 Å². The van der Waals surface area contributed by atoms with Crippen molar-refractivity contribution >= 4 is 5.97 Å². The Morgan fingerprint density at radius 1 is 1.65 bits per heavy atom. The van der Waals surface area contributed by atoms with Crippen molar-refractivity contribution in [2.24, 2.45) is 5.41 Å². The van der Waals surface area contributed by atoms with Crippen LogP contribution in [-0.2, 0) is 11.3 Å². The molecule has 17 heavy (non-hydrogen) atoms. The number of carbonyl (C=O) groups is 1. The fourth-order valence-electron chi connectivity index (χ4n) is 1.71. The number of rotatable bonds is 5. The molecule has 6 heteroatoms. The van der Waals surface area contributed by atoms with Crippen LogP contribution in [-0.4, -0.2) is 40.8 Å². The quantitative estimate of drug-likeness (QED) is 0.766. The van der Waals surface area contributed by atoms with Gasteiger partial charge in [0.15, 0.2) is 0 Å². The maximum Gasteiger partial charge on any atom is 0.339 e. The van der Waals surface area contributed by atoms with E-state index in [-0.39, 0.29) is 11.0 Å². The predicted molar refractivity (Wildman–Crippen MR) is 59.6 cm³/mol. The normalized spacial score (nSPS) is 17.5.